The number of piperidine rings is 1. The van der Waals surface area contributed by atoms with Crippen LogP contribution in [0.2, 0.25) is 0 Å². The molecule has 3 aromatic rings. The minimum absolute atomic E-state index is 0.0696. The second-order valence-electron chi connectivity index (χ2n) is 8.72. The maximum Gasteiger partial charge on any atom is 0.212 e. The zero-order valence-corrected chi connectivity index (χ0v) is 19.1. The molecule has 7 heteroatoms. The second kappa shape index (κ2) is 7.79. The van der Waals surface area contributed by atoms with Gasteiger partial charge in [-0.25, -0.2) is 12.8 Å². The Hall–Kier alpha value is -2.67. The maximum atomic E-state index is 15.1. The van der Waals surface area contributed by atoms with Gasteiger partial charge in [0.1, 0.15) is 10.7 Å². The number of pyridine rings is 1. The van der Waals surface area contributed by atoms with Gasteiger partial charge in [-0.05, 0) is 61.9 Å². The van der Waals surface area contributed by atoms with Gasteiger partial charge in [-0.15, -0.1) is 0 Å². The van der Waals surface area contributed by atoms with Crippen LogP contribution in [-0.2, 0) is 16.9 Å². The van der Waals surface area contributed by atoms with Crippen molar-refractivity contribution < 1.29 is 12.8 Å². The SMILES string of the molecule is Cc1ccc(C)c(S(=O)(=O)c2cn(C)c3cc(N4CCCC(C)C4)c(F)cc3c2=O)c1. The van der Waals surface area contributed by atoms with E-state index in [1.165, 1.54) is 12.3 Å². The first-order chi connectivity index (χ1) is 14.6. The van der Waals surface area contributed by atoms with E-state index in [4.69, 9.17) is 0 Å². The number of aromatic nitrogens is 1. The number of hydrogen-bond acceptors (Lipinski definition) is 4. The van der Waals surface area contributed by atoms with Crippen molar-refractivity contribution in [1.29, 1.82) is 0 Å². The first kappa shape index (κ1) is 21.6. The van der Waals surface area contributed by atoms with Crippen LogP contribution in [0.15, 0.2) is 51.1 Å². The number of halogens is 1. The third-order valence-electron chi connectivity index (χ3n) is 6.14. The molecule has 1 unspecified atom stereocenters. The molecule has 0 aliphatic carbocycles. The highest BCUT2D eigenvalue weighted by Crippen LogP contribution is 2.30. The highest BCUT2D eigenvalue weighted by Gasteiger charge is 2.27. The lowest BCUT2D eigenvalue weighted by molar-refractivity contribution is 0.442. The van der Waals surface area contributed by atoms with E-state index in [9.17, 15) is 13.2 Å². The molecule has 1 atom stereocenters. The summed E-state index contributed by atoms with van der Waals surface area (Å²) >= 11 is 0. The second-order valence-corrected chi connectivity index (χ2v) is 10.6. The number of benzene rings is 2. The number of rotatable bonds is 3. The molecule has 0 bridgehead atoms. The van der Waals surface area contributed by atoms with E-state index in [1.54, 1.807) is 43.7 Å². The number of fused-ring (bicyclic) bond motifs is 1. The van der Waals surface area contributed by atoms with Crippen LogP contribution in [0.1, 0.15) is 30.9 Å². The van der Waals surface area contributed by atoms with Crippen molar-refractivity contribution >= 4 is 26.4 Å². The molecular formula is C24H27FN2O3S. The molecule has 0 radical (unpaired) electrons. The molecule has 1 saturated heterocycles. The number of anilines is 1. The van der Waals surface area contributed by atoms with Crippen molar-refractivity contribution in [2.45, 2.75) is 43.4 Å². The van der Waals surface area contributed by atoms with E-state index in [0.717, 1.165) is 31.5 Å². The highest BCUT2D eigenvalue weighted by molar-refractivity contribution is 7.91. The van der Waals surface area contributed by atoms with Crippen LogP contribution in [-0.4, -0.2) is 26.1 Å². The van der Waals surface area contributed by atoms with Crippen molar-refractivity contribution in [3.63, 3.8) is 0 Å². The van der Waals surface area contributed by atoms with Crippen LogP contribution in [0, 0.1) is 25.6 Å². The van der Waals surface area contributed by atoms with Gasteiger partial charge in [-0.2, -0.15) is 0 Å². The molecule has 1 aliphatic heterocycles. The number of hydrogen-bond donors (Lipinski definition) is 0. The lowest BCUT2D eigenvalue weighted by Gasteiger charge is -2.33. The molecule has 1 fully saturated rings. The molecule has 0 amide bonds. The Balaban J connectivity index is 1.90. The molecule has 4 rings (SSSR count). The molecule has 0 N–H and O–H groups in total. The molecule has 0 saturated carbocycles. The topological polar surface area (TPSA) is 59.4 Å². The average Bonchev–Trinajstić information content (AvgIpc) is 2.72. The lowest BCUT2D eigenvalue weighted by Crippen LogP contribution is -2.35. The number of sulfone groups is 1. The molecule has 1 aromatic heterocycles. The van der Waals surface area contributed by atoms with E-state index in [1.807, 2.05) is 11.0 Å². The Kier molecular flexibility index (Phi) is 5.41. The first-order valence-electron chi connectivity index (χ1n) is 10.5. The molecule has 5 nitrogen and oxygen atoms in total. The van der Waals surface area contributed by atoms with Gasteiger partial charge in [0.2, 0.25) is 15.3 Å². The van der Waals surface area contributed by atoms with E-state index >= 15 is 4.39 Å². The summed E-state index contributed by atoms with van der Waals surface area (Å²) in [5.74, 6) is -0.0299. The summed E-state index contributed by atoms with van der Waals surface area (Å²) in [7, 11) is -2.37. The summed E-state index contributed by atoms with van der Waals surface area (Å²) in [6, 6.07) is 7.97. The minimum atomic E-state index is -4.05. The normalized spacial score (nSPS) is 17.3. The molecule has 164 valence electrons. The number of nitrogens with zero attached hydrogens (tertiary/aromatic N) is 2. The van der Waals surface area contributed by atoms with E-state index in [0.29, 0.717) is 22.7 Å². The van der Waals surface area contributed by atoms with Crippen LogP contribution < -0.4 is 10.3 Å². The smallest absolute Gasteiger partial charge is 0.212 e. The quantitative estimate of drug-likeness (QED) is 0.605. The largest absolute Gasteiger partial charge is 0.369 e. The molecular weight excluding hydrogens is 415 g/mol. The van der Waals surface area contributed by atoms with E-state index < -0.39 is 21.1 Å². The van der Waals surface area contributed by atoms with Crippen molar-refractivity contribution in [3.8, 4) is 0 Å². The highest BCUT2D eigenvalue weighted by atomic mass is 32.2. The standard InChI is InChI=1S/C24H27FN2O3S/c1-15-7-8-17(3)22(10-15)31(29,30)23-14-26(4)20-12-21(19(25)11-18(20)24(23)28)27-9-5-6-16(2)13-27/h7-8,10-12,14,16H,5-6,9,13H2,1-4H3. The predicted molar refractivity (Wildman–Crippen MR) is 121 cm³/mol. The van der Waals surface area contributed by atoms with Crippen LogP contribution in [0.25, 0.3) is 10.9 Å². The zero-order valence-electron chi connectivity index (χ0n) is 18.3. The van der Waals surface area contributed by atoms with Gasteiger partial charge >= 0.3 is 0 Å². The van der Waals surface area contributed by atoms with Gasteiger partial charge in [0, 0.05) is 26.3 Å². The van der Waals surface area contributed by atoms with Crippen molar-refractivity contribution in [2.75, 3.05) is 18.0 Å². The maximum absolute atomic E-state index is 15.1. The molecule has 2 aromatic carbocycles. The van der Waals surface area contributed by atoms with Crippen LogP contribution in [0.4, 0.5) is 10.1 Å². The summed E-state index contributed by atoms with van der Waals surface area (Å²) < 4.78 is 43.4. The van der Waals surface area contributed by atoms with E-state index in [-0.39, 0.29) is 15.2 Å². The lowest BCUT2D eigenvalue weighted by atomic mass is 9.99. The van der Waals surface area contributed by atoms with Crippen molar-refractivity contribution in [1.82, 2.24) is 4.57 Å². The summed E-state index contributed by atoms with van der Waals surface area (Å²) in [6.45, 7) is 7.17. The van der Waals surface area contributed by atoms with Crippen LogP contribution >= 0.6 is 0 Å². The van der Waals surface area contributed by atoms with Crippen LogP contribution in [0.3, 0.4) is 0 Å². The van der Waals surface area contributed by atoms with Crippen LogP contribution in [0.5, 0.6) is 0 Å². The average molecular weight is 443 g/mol. The molecule has 1 aliphatic rings. The summed E-state index contributed by atoms with van der Waals surface area (Å²) in [4.78, 5) is 15.0. The summed E-state index contributed by atoms with van der Waals surface area (Å²) in [6.07, 6.45) is 3.46. The van der Waals surface area contributed by atoms with Gasteiger partial charge in [-0.3, -0.25) is 4.79 Å². The fourth-order valence-corrected chi connectivity index (χ4v) is 6.14. The summed E-state index contributed by atoms with van der Waals surface area (Å²) in [5.41, 5.74) is 1.65. The minimum Gasteiger partial charge on any atom is -0.369 e. The zero-order chi connectivity index (χ0) is 22.5. The number of aryl methyl sites for hydroxylation is 3. The monoisotopic (exact) mass is 442 g/mol. The Morgan fingerprint density at radius 2 is 1.84 bits per heavy atom. The van der Waals surface area contributed by atoms with Gasteiger partial charge in [0.25, 0.3) is 0 Å². The van der Waals surface area contributed by atoms with Gasteiger partial charge in [0.15, 0.2) is 0 Å². The molecule has 2 heterocycles. The van der Waals surface area contributed by atoms with Gasteiger partial charge < -0.3 is 9.47 Å². The fraction of sp³-hybridized carbons (Fsp3) is 0.375. The van der Waals surface area contributed by atoms with Crippen molar-refractivity contribution in [2.24, 2.45) is 13.0 Å². The fourth-order valence-electron chi connectivity index (χ4n) is 4.42. The Labute approximate surface area is 182 Å². The van der Waals surface area contributed by atoms with Gasteiger partial charge in [-0.1, -0.05) is 19.1 Å². The van der Waals surface area contributed by atoms with Gasteiger partial charge in [0.05, 0.1) is 21.5 Å². The van der Waals surface area contributed by atoms with Crippen molar-refractivity contribution in [3.05, 3.63) is 63.7 Å². The third kappa shape index (κ3) is 3.76. The van der Waals surface area contributed by atoms with E-state index in [2.05, 4.69) is 6.92 Å². The predicted octanol–water partition coefficient (Wildman–Crippen LogP) is 4.36. The molecule has 31 heavy (non-hydrogen) atoms. The first-order valence-corrected chi connectivity index (χ1v) is 12.0. The Bertz CT molecular complexity index is 1350. The Morgan fingerprint density at radius 1 is 1.10 bits per heavy atom. The molecule has 0 spiro atoms. The third-order valence-corrected chi connectivity index (χ3v) is 8.03. The summed E-state index contributed by atoms with van der Waals surface area (Å²) in [5, 5.41) is 0.0696. The Morgan fingerprint density at radius 3 is 2.55 bits per heavy atom.